The van der Waals surface area contributed by atoms with Crippen molar-refractivity contribution in [1.82, 2.24) is 9.97 Å². The lowest BCUT2D eigenvalue weighted by molar-refractivity contribution is -0.00480. The van der Waals surface area contributed by atoms with Gasteiger partial charge in [-0.2, -0.15) is 4.98 Å². The van der Waals surface area contributed by atoms with Crippen LogP contribution in [0.5, 0.6) is 0 Å². The molecule has 1 aromatic heterocycles. The third-order valence-corrected chi connectivity index (χ3v) is 3.57. The number of ether oxygens (including phenoxy) is 1. The van der Waals surface area contributed by atoms with Crippen molar-refractivity contribution in [1.29, 1.82) is 0 Å². The number of nitrogen functional groups attached to an aromatic ring is 1. The summed E-state index contributed by atoms with van der Waals surface area (Å²) in [5.41, 5.74) is 2.27. The van der Waals surface area contributed by atoms with Crippen molar-refractivity contribution in [3.8, 4) is 0 Å². The summed E-state index contributed by atoms with van der Waals surface area (Å²) >= 11 is 6.15. The summed E-state index contributed by atoms with van der Waals surface area (Å²) in [5.74, 6) is 6.37. The monoisotopic (exact) mass is 271 g/mol. The lowest BCUT2D eigenvalue weighted by Crippen LogP contribution is -2.47. The molecule has 0 saturated carbocycles. The maximum atomic E-state index is 6.15. The van der Waals surface area contributed by atoms with Gasteiger partial charge in [-0.3, -0.25) is 5.43 Å². The van der Waals surface area contributed by atoms with Crippen molar-refractivity contribution in [2.45, 2.75) is 25.4 Å². The molecule has 0 spiro atoms. The summed E-state index contributed by atoms with van der Waals surface area (Å²) in [6.45, 7) is 3.75. The van der Waals surface area contributed by atoms with Crippen LogP contribution in [-0.4, -0.2) is 35.8 Å². The van der Waals surface area contributed by atoms with Gasteiger partial charge in [0.05, 0.1) is 11.8 Å². The van der Waals surface area contributed by atoms with Crippen molar-refractivity contribution in [2.75, 3.05) is 30.5 Å². The first-order valence-electron chi connectivity index (χ1n) is 5.87. The Labute approximate surface area is 111 Å². The lowest BCUT2D eigenvalue weighted by Gasteiger charge is -2.40. The number of aromatic nitrogens is 2. The first kappa shape index (κ1) is 13.3. The quantitative estimate of drug-likeness (QED) is 0.640. The molecule has 7 heteroatoms. The molecule has 0 bridgehead atoms. The second kappa shape index (κ2) is 5.26. The van der Waals surface area contributed by atoms with E-state index in [2.05, 4.69) is 27.2 Å². The highest BCUT2D eigenvalue weighted by molar-refractivity contribution is 6.32. The topological polar surface area (TPSA) is 76.3 Å². The molecule has 0 radical (unpaired) electrons. The molecule has 3 N–H and O–H groups in total. The molecule has 0 aromatic carbocycles. The zero-order valence-electron chi connectivity index (χ0n) is 10.6. The fourth-order valence-corrected chi connectivity index (χ4v) is 2.41. The van der Waals surface area contributed by atoms with Gasteiger partial charge in [0, 0.05) is 20.2 Å². The minimum absolute atomic E-state index is 0.164. The van der Waals surface area contributed by atoms with Gasteiger partial charge in [0.15, 0.2) is 5.82 Å². The zero-order valence-corrected chi connectivity index (χ0v) is 11.4. The van der Waals surface area contributed by atoms with Crippen molar-refractivity contribution in [2.24, 2.45) is 5.84 Å². The van der Waals surface area contributed by atoms with E-state index in [-0.39, 0.29) is 5.60 Å². The minimum atomic E-state index is -0.164. The smallest absolute Gasteiger partial charge is 0.239 e. The van der Waals surface area contributed by atoms with Crippen molar-refractivity contribution in [3.63, 3.8) is 0 Å². The summed E-state index contributed by atoms with van der Waals surface area (Å²) < 4.78 is 5.56. The zero-order chi connectivity index (χ0) is 13.2. The van der Waals surface area contributed by atoms with Gasteiger partial charge in [0.1, 0.15) is 5.02 Å². The second-order valence-corrected chi connectivity index (χ2v) is 5.10. The standard InChI is InChI=1S/C11H18ClN5O/c1-11(18-2)4-3-5-17(7-11)9-8(12)6-14-10(15-9)16-13/h6H,3-5,7,13H2,1-2H3,(H,14,15,16). The van der Waals surface area contributed by atoms with Crippen LogP contribution in [0, 0.1) is 0 Å². The van der Waals surface area contributed by atoms with Crippen LogP contribution < -0.4 is 16.2 Å². The average molecular weight is 272 g/mol. The molecule has 1 aromatic rings. The van der Waals surface area contributed by atoms with Crippen LogP contribution in [0.15, 0.2) is 6.20 Å². The third kappa shape index (κ3) is 2.66. The number of rotatable bonds is 3. The van der Waals surface area contributed by atoms with E-state index in [0.717, 1.165) is 25.9 Å². The van der Waals surface area contributed by atoms with Gasteiger partial charge >= 0.3 is 0 Å². The van der Waals surface area contributed by atoms with Gasteiger partial charge in [-0.15, -0.1) is 0 Å². The molecular weight excluding hydrogens is 254 g/mol. The Balaban J connectivity index is 2.25. The van der Waals surface area contributed by atoms with E-state index in [1.807, 2.05) is 0 Å². The van der Waals surface area contributed by atoms with Crippen LogP contribution in [0.1, 0.15) is 19.8 Å². The number of hydrazine groups is 1. The number of hydrogen-bond donors (Lipinski definition) is 2. The Morgan fingerprint density at radius 3 is 3.06 bits per heavy atom. The highest BCUT2D eigenvalue weighted by atomic mass is 35.5. The maximum absolute atomic E-state index is 6.15. The Kier molecular flexibility index (Phi) is 3.89. The predicted molar refractivity (Wildman–Crippen MR) is 71.7 cm³/mol. The SMILES string of the molecule is COC1(C)CCCN(c2nc(NN)ncc2Cl)C1. The van der Waals surface area contributed by atoms with E-state index in [9.17, 15) is 0 Å². The number of hydrogen-bond acceptors (Lipinski definition) is 6. The van der Waals surface area contributed by atoms with E-state index in [0.29, 0.717) is 16.8 Å². The van der Waals surface area contributed by atoms with Crippen LogP contribution in [0.4, 0.5) is 11.8 Å². The van der Waals surface area contributed by atoms with Crippen molar-refractivity contribution >= 4 is 23.4 Å². The molecule has 1 unspecified atom stereocenters. The average Bonchev–Trinajstić information content (AvgIpc) is 2.39. The summed E-state index contributed by atoms with van der Waals surface area (Å²) in [4.78, 5) is 10.4. The molecule has 0 aliphatic carbocycles. The first-order chi connectivity index (χ1) is 8.58. The van der Waals surface area contributed by atoms with E-state index in [1.54, 1.807) is 13.3 Å². The van der Waals surface area contributed by atoms with Gasteiger partial charge < -0.3 is 9.64 Å². The number of nitrogens with one attached hydrogen (secondary N) is 1. The van der Waals surface area contributed by atoms with Crippen LogP contribution in [0.2, 0.25) is 5.02 Å². The summed E-state index contributed by atoms with van der Waals surface area (Å²) in [6, 6.07) is 0. The Hall–Kier alpha value is -1.11. The molecule has 1 atom stereocenters. The second-order valence-electron chi connectivity index (χ2n) is 4.69. The van der Waals surface area contributed by atoms with Gasteiger partial charge in [0.2, 0.25) is 5.95 Å². The molecule has 1 fully saturated rings. The summed E-state index contributed by atoms with van der Waals surface area (Å²) in [5, 5.41) is 0.523. The normalized spacial score (nSPS) is 24.1. The fraction of sp³-hybridized carbons (Fsp3) is 0.636. The maximum Gasteiger partial charge on any atom is 0.239 e. The van der Waals surface area contributed by atoms with Gasteiger partial charge in [-0.05, 0) is 19.8 Å². The highest BCUT2D eigenvalue weighted by Gasteiger charge is 2.32. The van der Waals surface area contributed by atoms with Crippen LogP contribution in [-0.2, 0) is 4.74 Å². The Morgan fingerprint density at radius 2 is 2.39 bits per heavy atom. The lowest BCUT2D eigenvalue weighted by atomic mass is 9.95. The number of halogens is 1. The molecule has 18 heavy (non-hydrogen) atoms. The van der Waals surface area contributed by atoms with Crippen LogP contribution >= 0.6 is 11.6 Å². The van der Waals surface area contributed by atoms with Crippen LogP contribution in [0.25, 0.3) is 0 Å². The number of anilines is 2. The molecule has 6 nitrogen and oxygen atoms in total. The predicted octanol–water partition coefficient (Wildman–Crippen LogP) is 1.42. The molecule has 100 valence electrons. The number of piperidine rings is 1. The number of methoxy groups -OCH3 is 1. The van der Waals surface area contributed by atoms with E-state index >= 15 is 0 Å². The molecule has 0 amide bonds. The third-order valence-electron chi connectivity index (χ3n) is 3.31. The fourth-order valence-electron chi connectivity index (χ4n) is 2.20. The minimum Gasteiger partial charge on any atom is -0.377 e. The van der Waals surface area contributed by atoms with Gasteiger partial charge in [0.25, 0.3) is 0 Å². The van der Waals surface area contributed by atoms with Gasteiger partial charge in [-0.1, -0.05) is 11.6 Å². The van der Waals surface area contributed by atoms with Crippen molar-refractivity contribution in [3.05, 3.63) is 11.2 Å². The molecule has 1 aliphatic rings. The molecular formula is C11H18ClN5O. The Morgan fingerprint density at radius 1 is 1.61 bits per heavy atom. The van der Waals surface area contributed by atoms with Gasteiger partial charge in [-0.25, -0.2) is 10.8 Å². The number of nitrogens with two attached hydrogens (primary N) is 1. The van der Waals surface area contributed by atoms with Crippen LogP contribution in [0.3, 0.4) is 0 Å². The molecule has 2 heterocycles. The molecule has 1 aliphatic heterocycles. The van der Waals surface area contributed by atoms with Crippen molar-refractivity contribution < 1.29 is 4.74 Å². The van der Waals surface area contributed by atoms with E-state index in [1.165, 1.54) is 0 Å². The van der Waals surface area contributed by atoms with E-state index < -0.39 is 0 Å². The number of nitrogens with zero attached hydrogens (tertiary/aromatic N) is 3. The summed E-state index contributed by atoms with van der Waals surface area (Å²) in [6.07, 6.45) is 3.62. The highest BCUT2D eigenvalue weighted by Crippen LogP contribution is 2.31. The first-order valence-corrected chi connectivity index (χ1v) is 6.25. The molecule has 2 rings (SSSR count). The van der Waals surface area contributed by atoms with E-state index in [4.69, 9.17) is 22.2 Å². The molecule has 1 saturated heterocycles. The largest absolute Gasteiger partial charge is 0.377 e. The summed E-state index contributed by atoms with van der Waals surface area (Å²) in [7, 11) is 1.73. The Bertz CT molecular complexity index is 430.